The van der Waals surface area contributed by atoms with E-state index in [1.54, 1.807) is 36.2 Å². The summed E-state index contributed by atoms with van der Waals surface area (Å²) in [6.07, 6.45) is 5.30. The molecule has 3 aromatic heterocycles. The van der Waals surface area contributed by atoms with Crippen molar-refractivity contribution in [3.05, 3.63) is 90.0 Å². The molecule has 0 bridgehead atoms. The third-order valence-corrected chi connectivity index (χ3v) is 6.59. The Balaban J connectivity index is 1.42. The van der Waals surface area contributed by atoms with E-state index in [1.807, 2.05) is 36.4 Å². The first-order valence-electron chi connectivity index (χ1n) is 11.4. The van der Waals surface area contributed by atoms with E-state index in [-0.39, 0.29) is 11.3 Å². The van der Waals surface area contributed by atoms with Crippen LogP contribution in [0.1, 0.15) is 34.6 Å². The molecule has 0 saturated heterocycles. The van der Waals surface area contributed by atoms with Gasteiger partial charge in [0, 0.05) is 22.9 Å². The minimum absolute atomic E-state index is 0.254. The number of carbonyl (C=O) groups is 1. The number of hydrogen-bond donors (Lipinski definition) is 2. The lowest BCUT2D eigenvalue weighted by Gasteiger charge is -2.14. The number of benzene rings is 2. The van der Waals surface area contributed by atoms with Crippen molar-refractivity contribution >= 4 is 11.7 Å². The number of hydrazine groups is 1. The number of nitrogens with two attached hydrogens (primary N) is 1. The molecule has 0 spiro atoms. The lowest BCUT2D eigenvalue weighted by atomic mass is 9.95. The summed E-state index contributed by atoms with van der Waals surface area (Å²) in [6, 6.07) is 18.9. The van der Waals surface area contributed by atoms with Gasteiger partial charge in [0.25, 0.3) is 11.7 Å². The molecular weight excluding hydrogens is 456 g/mol. The van der Waals surface area contributed by atoms with E-state index in [0.29, 0.717) is 17.0 Å². The minimum Gasteiger partial charge on any atom is -0.497 e. The van der Waals surface area contributed by atoms with E-state index in [2.05, 4.69) is 37.7 Å². The highest BCUT2D eigenvalue weighted by atomic mass is 16.5. The van der Waals surface area contributed by atoms with Crippen molar-refractivity contribution in [1.29, 1.82) is 0 Å². The number of nitrogen functional groups attached to an aromatic ring is 1. The zero-order valence-corrected chi connectivity index (χ0v) is 19.4. The van der Waals surface area contributed by atoms with Crippen LogP contribution in [0.15, 0.2) is 73.1 Å². The lowest BCUT2D eigenvalue weighted by Crippen LogP contribution is -2.29. The van der Waals surface area contributed by atoms with Gasteiger partial charge < -0.3 is 4.74 Å². The van der Waals surface area contributed by atoms with Crippen LogP contribution in [0, 0.1) is 0 Å². The first-order valence-corrected chi connectivity index (χ1v) is 11.4. The van der Waals surface area contributed by atoms with Gasteiger partial charge in [0.15, 0.2) is 5.82 Å². The molecule has 1 aliphatic rings. The maximum Gasteiger partial charge on any atom is 0.271 e. The van der Waals surface area contributed by atoms with E-state index in [0.717, 1.165) is 46.8 Å². The van der Waals surface area contributed by atoms with Gasteiger partial charge in [-0.05, 0) is 54.8 Å². The third-order valence-electron chi connectivity index (χ3n) is 6.59. The van der Waals surface area contributed by atoms with Gasteiger partial charge in [0.05, 0.1) is 24.4 Å². The van der Waals surface area contributed by atoms with Crippen LogP contribution < -0.4 is 16.0 Å². The van der Waals surface area contributed by atoms with Gasteiger partial charge in [-0.2, -0.15) is 9.61 Å². The predicted octanol–water partition coefficient (Wildman–Crippen LogP) is 2.94. The second-order valence-corrected chi connectivity index (χ2v) is 8.64. The number of fused-ring (bicyclic) bond motifs is 1. The summed E-state index contributed by atoms with van der Waals surface area (Å²) in [7, 11) is 1.66. The average Bonchev–Trinajstić information content (AvgIpc) is 3.64. The second kappa shape index (κ2) is 8.51. The number of rotatable bonds is 6. The van der Waals surface area contributed by atoms with Crippen molar-refractivity contribution in [2.75, 3.05) is 7.11 Å². The number of nitrogens with one attached hydrogen (secondary N) is 1. The van der Waals surface area contributed by atoms with Crippen LogP contribution in [-0.4, -0.2) is 42.8 Å². The van der Waals surface area contributed by atoms with Crippen LogP contribution >= 0.6 is 0 Å². The third kappa shape index (κ3) is 3.55. The second-order valence-electron chi connectivity index (χ2n) is 8.64. The summed E-state index contributed by atoms with van der Waals surface area (Å²) in [5.41, 5.74) is 6.49. The number of carbonyl (C=O) groups excluding carboxylic acids is 1. The van der Waals surface area contributed by atoms with Gasteiger partial charge >= 0.3 is 0 Å². The summed E-state index contributed by atoms with van der Waals surface area (Å²) in [6.45, 7) is 0. The van der Waals surface area contributed by atoms with Crippen LogP contribution in [0.3, 0.4) is 0 Å². The van der Waals surface area contributed by atoms with Gasteiger partial charge in [0.1, 0.15) is 11.4 Å². The van der Waals surface area contributed by atoms with Gasteiger partial charge in [0.2, 0.25) is 0 Å². The van der Waals surface area contributed by atoms with Gasteiger partial charge in [-0.3, -0.25) is 15.2 Å². The highest BCUT2D eigenvalue weighted by Gasteiger charge is 2.50. The number of ether oxygens (including phenoxy) is 1. The van der Waals surface area contributed by atoms with Crippen LogP contribution in [-0.2, 0) is 5.41 Å². The van der Waals surface area contributed by atoms with Crippen LogP contribution in [0.2, 0.25) is 0 Å². The number of nitrogens with zero attached hydrogens (tertiary/aromatic N) is 6. The van der Waals surface area contributed by atoms with Gasteiger partial charge in [-0.1, -0.05) is 24.3 Å². The molecule has 36 heavy (non-hydrogen) atoms. The topological polar surface area (TPSA) is 133 Å². The minimum atomic E-state index is -0.356. The van der Waals surface area contributed by atoms with Crippen molar-refractivity contribution in [1.82, 2.24) is 35.2 Å². The first-order chi connectivity index (χ1) is 17.6. The highest BCUT2D eigenvalue weighted by Crippen LogP contribution is 2.52. The fourth-order valence-corrected chi connectivity index (χ4v) is 4.50. The molecule has 1 fully saturated rings. The largest absolute Gasteiger partial charge is 0.497 e. The van der Waals surface area contributed by atoms with Crippen LogP contribution in [0.5, 0.6) is 5.75 Å². The Morgan fingerprint density at radius 1 is 1.03 bits per heavy atom. The molecule has 3 N–H and O–H groups in total. The average molecular weight is 479 g/mol. The maximum atomic E-state index is 11.8. The molecule has 0 aliphatic heterocycles. The zero-order valence-electron chi connectivity index (χ0n) is 19.4. The van der Waals surface area contributed by atoms with Crippen molar-refractivity contribution < 1.29 is 9.53 Å². The standard InChI is InChI=1S/C26H22N8O2/c1-36-19-10-8-18(9-11-19)26(12-13-26)24-31-32-25-29-15-21(33-34(24)25)20-3-2-14-28-22(20)16-4-6-17(7-5-16)23(35)30-27/h2-11,14-15H,12-13,27H2,1H3,(H,30,35). The summed E-state index contributed by atoms with van der Waals surface area (Å²) < 4.78 is 7.05. The smallest absolute Gasteiger partial charge is 0.271 e. The van der Waals surface area contributed by atoms with Crippen molar-refractivity contribution in [3.8, 4) is 28.3 Å². The van der Waals surface area contributed by atoms with Gasteiger partial charge in [-0.25, -0.2) is 10.8 Å². The Bertz CT molecular complexity index is 1570. The molecule has 1 aliphatic carbocycles. The Hall–Kier alpha value is -4.70. The van der Waals surface area contributed by atoms with Crippen molar-refractivity contribution in [2.45, 2.75) is 18.3 Å². The normalized spacial score (nSPS) is 13.9. The van der Waals surface area contributed by atoms with E-state index in [4.69, 9.17) is 15.7 Å². The molecule has 2 aromatic carbocycles. The summed E-state index contributed by atoms with van der Waals surface area (Å²) in [5, 5.41) is 13.7. The van der Waals surface area contributed by atoms with Crippen molar-refractivity contribution in [2.24, 2.45) is 5.84 Å². The quantitative estimate of drug-likeness (QED) is 0.216. The number of amides is 1. The monoisotopic (exact) mass is 478 g/mol. The molecule has 10 nitrogen and oxygen atoms in total. The lowest BCUT2D eigenvalue weighted by molar-refractivity contribution is 0.0953. The van der Waals surface area contributed by atoms with E-state index < -0.39 is 0 Å². The summed E-state index contributed by atoms with van der Waals surface area (Å²) in [4.78, 5) is 20.9. The Morgan fingerprint density at radius 3 is 2.50 bits per heavy atom. The van der Waals surface area contributed by atoms with E-state index in [1.165, 1.54) is 0 Å². The molecule has 178 valence electrons. The zero-order chi connectivity index (χ0) is 24.7. The summed E-state index contributed by atoms with van der Waals surface area (Å²) >= 11 is 0. The van der Waals surface area contributed by atoms with Crippen LogP contribution in [0.4, 0.5) is 0 Å². The first kappa shape index (κ1) is 21.8. The number of hydrogen-bond acceptors (Lipinski definition) is 8. The molecule has 0 unspecified atom stereocenters. The summed E-state index contributed by atoms with van der Waals surface area (Å²) in [5.74, 6) is 6.90. The van der Waals surface area contributed by atoms with E-state index in [9.17, 15) is 4.79 Å². The SMILES string of the molecule is COc1ccc(C2(c3nnc4ncc(-c5cccnc5-c5ccc(C(=O)NN)cc5)nn34)CC2)cc1. The number of aromatic nitrogens is 6. The Morgan fingerprint density at radius 2 is 1.81 bits per heavy atom. The molecule has 3 heterocycles. The van der Waals surface area contributed by atoms with Crippen molar-refractivity contribution in [3.63, 3.8) is 0 Å². The molecular formula is C26H22N8O2. The molecule has 10 heteroatoms. The molecule has 0 radical (unpaired) electrons. The Kier molecular flexibility index (Phi) is 5.15. The Labute approximate surface area is 206 Å². The fraction of sp³-hybridized carbons (Fsp3) is 0.154. The number of methoxy groups -OCH3 is 1. The van der Waals surface area contributed by atoms with E-state index >= 15 is 0 Å². The molecule has 1 saturated carbocycles. The molecule has 5 aromatic rings. The maximum absolute atomic E-state index is 11.8. The molecule has 0 atom stereocenters. The highest BCUT2D eigenvalue weighted by molar-refractivity contribution is 5.94. The number of pyridine rings is 1. The molecule has 6 rings (SSSR count). The predicted molar refractivity (Wildman–Crippen MR) is 132 cm³/mol. The molecule has 1 amide bonds. The van der Waals surface area contributed by atoms with Crippen LogP contribution in [0.25, 0.3) is 28.3 Å². The van der Waals surface area contributed by atoms with Gasteiger partial charge in [-0.15, -0.1) is 10.2 Å². The fourth-order valence-electron chi connectivity index (χ4n) is 4.50.